The summed E-state index contributed by atoms with van der Waals surface area (Å²) in [5.74, 6) is 1.37. The molecule has 0 aliphatic heterocycles. The van der Waals surface area contributed by atoms with E-state index < -0.39 is 0 Å². The maximum absolute atomic E-state index is 4.35. The Hall–Kier alpha value is -1.70. The van der Waals surface area contributed by atoms with Crippen LogP contribution in [0.15, 0.2) is 36.4 Å². The smallest absolute Gasteiger partial charge is 0.0929 e. The minimum atomic E-state index is 0.676. The highest BCUT2D eigenvalue weighted by molar-refractivity contribution is 5.58. The average Bonchev–Trinajstić information content (AvgIpc) is 3.24. The van der Waals surface area contributed by atoms with Crippen molar-refractivity contribution in [3.8, 4) is 11.3 Å². The summed E-state index contributed by atoms with van der Waals surface area (Å²) < 4.78 is 0. The van der Waals surface area contributed by atoms with Crippen LogP contribution in [-0.2, 0) is 6.42 Å². The second-order valence-electron chi connectivity index (χ2n) is 5.91. The van der Waals surface area contributed by atoms with E-state index in [0.717, 1.165) is 23.4 Å². The van der Waals surface area contributed by atoms with E-state index >= 15 is 0 Å². The Kier molecular flexibility index (Phi) is 3.33. The Morgan fingerprint density at radius 1 is 1.00 bits per heavy atom. The highest BCUT2D eigenvalue weighted by Gasteiger charge is 2.25. The average molecular weight is 252 g/mol. The molecule has 1 aliphatic carbocycles. The summed E-state index contributed by atoms with van der Waals surface area (Å²) in [5.41, 5.74) is 4.67. The van der Waals surface area contributed by atoms with Gasteiger partial charge >= 0.3 is 0 Å². The van der Waals surface area contributed by atoms with E-state index in [-0.39, 0.29) is 0 Å². The molecule has 1 fully saturated rings. The molecule has 19 heavy (non-hydrogen) atoms. The molecule has 0 bridgehead atoms. The first-order valence-electron chi connectivity index (χ1n) is 7.15. The Morgan fingerprint density at radius 2 is 1.74 bits per heavy atom. The highest BCUT2D eigenvalue weighted by Crippen LogP contribution is 2.38. The van der Waals surface area contributed by atoms with E-state index in [1.165, 1.54) is 18.4 Å². The van der Waals surface area contributed by atoms with E-state index in [4.69, 9.17) is 0 Å². The fraction of sp³-hybridized carbons (Fsp3) is 0.412. The molecule has 98 valence electrons. The SMILES string of the molecule is CC(C)Cc1ccc(-c2ccc(C3CC3)nn2)cc1. The largest absolute Gasteiger partial charge is 0.155 e. The van der Waals surface area contributed by atoms with Gasteiger partial charge < -0.3 is 0 Å². The van der Waals surface area contributed by atoms with E-state index in [0.29, 0.717) is 11.8 Å². The lowest BCUT2D eigenvalue weighted by atomic mass is 10.0. The molecule has 1 saturated carbocycles. The molecule has 3 rings (SSSR count). The molecule has 2 nitrogen and oxygen atoms in total. The number of hydrogen-bond donors (Lipinski definition) is 0. The molecule has 0 atom stereocenters. The van der Waals surface area contributed by atoms with Gasteiger partial charge in [-0.05, 0) is 42.9 Å². The van der Waals surface area contributed by atoms with Gasteiger partial charge in [0, 0.05) is 11.5 Å². The van der Waals surface area contributed by atoms with Gasteiger partial charge in [-0.3, -0.25) is 0 Å². The van der Waals surface area contributed by atoms with Crippen molar-refractivity contribution >= 4 is 0 Å². The third-order valence-corrected chi connectivity index (χ3v) is 3.57. The number of hydrogen-bond acceptors (Lipinski definition) is 2. The van der Waals surface area contributed by atoms with Crippen LogP contribution in [0.5, 0.6) is 0 Å². The lowest BCUT2D eigenvalue weighted by Gasteiger charge is -2.06. The molecule has 0 spiro atoms. The predicted octanol–water partition coefficient (Wildman–Crippen LogP) is 4.22. The number of rotatable bonds is 4. The van der Waals surface area contributed by atoms with E-state index in [9.17, 15) is 0 Å². The predicted molar refractivity (Wildman–Crippen MR) is 78.0 cm³/mol. The van der Waals surface area contributed by atoms with Crippen molar-refractivity contribution in [2.75, 3.05) is 0 Å². The van der Waals surface area contributed by atoms with Gasteiger partial charge in [0.25, 0.3) is 0 Å². The zero-order valence-corrected chi connectivity index (χ0v) is 11.6. The molecule has 0 amide bonds. The Labute approximate surface area is 114 Å². The zero-order chi connectivity index (χ0) is 13.2. The van der Waals surface area contributed by atoms with Crippen LogP contribution >= 0.6 is 0 Å². The molecule has 0 unspecified atom stereocenters. The maximum Gasteiger partial charge on any atom is 0.0929 e. The molecule has 1 aliphatic rings. The second-order valence-corrected chi connectivity index (χ2v) is 5.91. The van der Waals surface area contributed by atoms with Gasteiger partial charge in [0.05, 0.1) is 11.4 Å². The van der Waals surface area contributed by atoms with E-state index in [1.807, 2.05) is 0 Å². The third kappa shape index (κ3) is 3.01. The van der Waals surface area contributed by atoms with Crippen molar-refractivity contribution in [3.63, 3.8) is 0 Å². The van der Waals surface area contributed by atoms with E-state index in [1.54, 1.807) is 0 Å². The van der Waals surface area contributed by atoms with Gasteiger partial charge in [-0.1, -0.05) is 38.1 Å². The molecule has 1 aromatic heterocycles. The van der Waals surface area contributed by atoms with Crippen LogP contribution in [0.2, 0.25) is 0 Å². The first-order valence-corrected chi connectivity index (χ1v) is 7.15. The van der Waals surface area contributed by atoms with Crippen LogP contribution < -0.4 is 0 Å². The van der Waals surface area contributed by atoms with Crippen LogP contribution in [0, 0.1) is 5.92 Å². The minimum Gasteiger partial charge on any atom is -0.155 e. The summed E-state index contributed by atoms with van der Waals surface area (Å²) in [6.07, 6.45) is 3.68. The van der Waals surface area contributed by atoms with Crippen LogP contribution in [0.25, 0.3) is 11.3 Å². The van der Waals surface area contributed by atoms with Gasteiger partial charge in [0.15, 0.2) is 0 Å². The molecule has 1 heterocycles. The topological polar surface area (TPSA) is 25.8 Å². The number of nitrogens with zero attached hydrogens (tertiary/aromatic N) is 2. The maximum atomic E-state index is 4.35. The lowest BCUT2D eigenvalue weighted by Crippen LogP contribution is -1.95. The zero-order valence-electron chi connectivity index (χ0n) is 11.6. The summed E-state index contributed by atoms with van der Waals surface area (Å²) in [4.78, 5) is 0. The molecular weight excluding hydrogens is 232 g/mol. The van der Waals surface area contributed by atoms with Crippen molar-refractivity contribution in [1.29, 1.82) is 0 Å². The van der Waals surface area contributed by atoms with Crippen molar-refractivity contribution in [1.82, 2.24) is 10.2 Å². The standard InChI is InChI=1S/C17H20N2/c1-12(2)11-13-3-5-14(6-4-13)16-9-10-17(19-18-16)15-7-8-15/h3-6,9-10,12,15H,7-8,11H2,1-2H3. The Morgan fingerprint density at radius 3 is 2.26 bits per heavy atom. The van der Waals surface area contributed by atoms with Crippen LogP contribution in [-0.4, -0.2) is 10.2 Å². The fourth-order valence-corrected chi connectivity index (χ4v) is 2.38. The molecule has 0 N–H and O–H groups in total. The van der Waals surface area contributed by atoms with Crippen LogP contribution in [0.4, 0.5) is 0 Å². The molecule has 0 radical (unpaired) electrons. The second kappa shape index (κ2) is 5.12. The van der Waals surface area contributed by atoms with Gasteiger partial charge in [-0.2, -0.15) is 10.2 Å². The summed E-state index contributed by atoms with van der Waals surface area (Å²) >= 11 is 0. The monoisotopic (exact) mass is 252 g/mol. The first kappa shape index (κ1) is 12.3. The Bertz CT molecular complexity index is 536. The van der Waals surface area contributed by atoms with Gasteiger partial charge in [0.2, 0.25) is 0 Å². The molecule has 0 saturated heterocycles. The molecule has 2 heteroatoms. The third-order valence-electron chi connectivity index (χ3n) is 3.57. The number of benzene rings is 1. The van der Waals surface area contributed by atoms with Crippen molar-refractivity contribution in [2.24, 2.45) is 5.92 Å². The fourth-order valence-electron chi connectivity index (χ4n) is 2.38. The van der Waals surface area contributed by atoms with Gasteiger partial charge in [-0.15, -0.1) is 0 Å². The normalized spacial score (nSPS) is 14.9. The van der Waals surface area contributed by atoms with Gasteiger partial charge in [-0.25, -0.2) is 0 Å². The van der Waals surface area contributed by atoms with E-state index in [2.05, 4.69) is 60.4 Å². The Balaban J connectivity index is 1.77. The van der Waals surface area contributed by atoms with Crippen LogP contribution in [0.3, 0.4) is 0 Å². The van der Waals surface area contributed by atoms with Crippen molar-refractivity contribution in [3.05, 3.63) is 47.7 Å². The van der Waals surface area contributed by atoms with Crippen LogP contribution in [0.1, 0.15) is 43.9 Å². The first-order chi connectivity index (χ1) is 9.22. The minimum absolute atomic E-state index is 0.676. The lowest BCUT2D eigenvalue weighted by molar-refractivity contribution is 0.647. The quantitative estimate of drug-likeness (QED) is 0.814. The van der Waals surface area contributed by atoms with Crippen molar-refractivity contribution in [2.45, 2.75) is 39.0 Å². The number of aromatic nitrogens is 2. The summed E-state index contributed by atoms with van der Waals surface area (Å²) in [5, 5.41) is 8.69. The summed E-state index contributed by atoms with van der Waals surface area (Å²) in [6, 6.07) is 12.9. The molecule has 2 aromatic rings. The highest BCUT2D eigenvalue weighted by atomic mass is 15.1. The van der Waals surface area contributed by atoms with Gasteiger partial charge in [0.1, 0.15) is 0 Å². The van der Waals surface area contributed by atoms with Crippen molar-refractivity contribution < 1.29 is 0 Å². The molecule has 1 aromatic carbocycles. The summed E-state index contributed by atoms with van der Waals surface area (Å²) in [7, 11) is 0. The summed E-state index contributed by atoms with van der Waals surface area (Å²) in [6.45, 7) is 4.49. The molecular formula is C17H20N2.